The summed E-state index contributed by atoms with van der Waals surface area (Å²) in [6.45, 7) is -0.0475. The molecule has 0 aliphatic carbocycles. The molecule has 1 aromatic rings. The van der Waals surface area contributed by atoms with Gasteiger partial charge in [0.05, 0.1) is 40.0 Å². The van der Waals surface area contributed by atoms with Crippen LogP contribution in [0.3, 0.4) is 0 Å². The monoisotopic (exact) mass is 310 g/mol. The summed E-state index contributed by atoms with van der Waals surface area (Å²) in [6.07, 6.45) is -0.701. The van der Waals surface area contributed by atoms with Crippen molar-refractivity contribution >= 4 is 11.9 Å². The fraction of sp³-hybridized carbons (Fsp3) is 0.467. The molecule has 120 valence electrons. The van der Waals surface area contributed by atoms with E-state index in [1.54, 1.807) is 18.2 Å². The molecule has 1 aliphatic heterocycles. The van der Waals surface area contributed by atoms with E-state index in [4.69, 9.17) is 18.9 Å². The van der Waals surface area contributed by atoms with Gasteiger partial charge in [-0.1, -0.05) is 6.07 Å². The van der Waals surface area contributed by atoms with Gasteiger partial charge < -0.3 is 24.1 Å². The third-order valence-corrected chi connectivity index (χ3v) is 3.74. The molecule has 1 fully saturated rings. The molecule has 0 radical (unpaired) electrons. The van der Waals surface area contributed by atoms with E-state index in [9.17, 15) is 14.7 Å². The van der Waals surface area contributed by atoms with E-state index in [0.29, 0.717) is 17.1 Å². The first-order chi connectivity index (χ1) is 10.5. The predicted molar refractivity (Wildman–Crippen MR) is 74.9 cm³/mol. The summed E-state index contributed by atoms with van der Waals surface area (Å²) in [4.78, 5) is 23.3. The van der Waals surface area contributed by atoms with Crippen LogP contribution in [0.25, 0.3) is 0 Å². The molecule has 1 N–H and O–H groups in total. The quantitative estimate of drug-likeness (QED) is 0.819. The number of esters is 1. The molecule has 0 spiro atoms. The second-order valence-corrected chi connectivity index (χ2v) is 4.86. The second-order valence-electron chi connectivity index (χ2n) is 4.86. The molecule has 1 saturated heterocycles. The fourth-order valence-corrected chi connectivity index (χ4v) is 2.61. The number of rotatable bonds is 5. The van der Waals surface area contributed by atoms with Crippen molar-refractivity contribution in [3.63, 3.8) is 0 Å². The Labute approximate surface area is 127 Å². The van der Waals surface area contributed by atoms with E-state index in [1.165, 1.54) is 21.3 Å². The standard InChI is InChI=1S/C15H18O7/c1-19-10-5-4-8(6-11(10)20-2)13-12(15(18)21-3)9(7-22-13)14(16)17/h4-6,9,12-13H,7H2,1-3H3,(H,16,17)/t9-,12-,13-/m1/s1. The van der Waals surface area contributed by atoms with Crippen molar-refractivity contribution in [2.75, 3.05) is 27.9 Å². The van der Waals surface area contributed by atoms with E-state index in [-0.39, 0.29) is 6.61 Å². The lowest BCUT2D eigenvalue weighted by Crippen LogP contribution is -2.30. The number of carboxylic acid groups (broad SMARTS) is 1. The Morgan fingerprint density at radius 2 is 1.86 bits per heavy atom. The molecule has 0 aromatic heterocycles. The smallest absolute Gasteiger partial charge is 0.312 e. The number of ether oxygens (including phenoxy) is 4. The van der Waals surface area contributed by atoms with Crippen LogP contribution in [0, 0.1) is 11.8 Å². The highest BCUT2D eigenvalue weighted by Gasteiger charge is 2.47. The summed E-state index contributed by atoms with van der Waals surface area (Å²) < 4.78 is 20.6. The Morgan fingerprint density at radius 3 is 2.41 bits per heavy atom. The molecule has 0 bridgehead atoms. The first kappa shape index (κ1) is 16.1. The zero-order chi connectivity index (χ0) is 16.3. The van der Waals surface area contributed by atoms with Crippen LogP contribution in [0.15, 0.2) is 18.2 Å². The Morgan fingerprint density at radius 1 is 1.18 bits per heavy atom. The van der Waals surface area contributed by atoms with E-state index in [2.05, 4.69) is 0 Å². The molecule has 1 aliphatic rings. The SMILES string of the molecule is COC(=O)[C@H]1[C@@H](c2ccc(OC)c(OC)c2)OC[C@H]1C(=O)O. The number of hydrogen-bond acceptors (Lipinski definition) is 6. The Kier molecular flexibility index (Phi) is 4.87. The van der Waals surface area contributed by atoms with Gasteiger partial charge in [-0.3, -0.25) is 9.59 Å². The maximum Gasteiger partial charge on any atom is 0.312 e. The van der Waals surface area contributed by atoms with Crippen LogP contribution in [0.4, 0.5) is 0 Å². The van der Waals surface area contributed by atoms with Gasteiger partial charge in [-0.15, -0.1) is 0 Å². The van der Waals surface area contributed by atoms with Crippen LogP contribution in [0.1, 0.15) is 11.7 Å². The highest BCUT2D eigenvalue weighted by molar-refractivity contribution is 5.82. The van der Waals surface area contributed by atoms with Crippen LogP contribution in [0.2, 0.25) is 0 Å². The third-order valence-electron chi connectivity index (χ3n) is 3.74. The number of carboxylic acids is 1. The molecule has 1 heterocycles. The van der Waals surface area contributed by atoms with Crippen molar-refractivity contribution in [2.45, 2.75) is 6.10 Å². The lowest BCUT2D eigenvalue weighted by molar-refractivity contribution is -0.154. The van der Waals surface area contributed by atoms with Gasteiger partial charge in [0.1, 0.15) is 5.92 Å². The minimum Gasteiger partial charge on any atom is -0.493 e. The van der Waals surface area contributed by atoms with Gasteiger partial charge in [-0.2, -0.15) is 0 Å². The minimum absolute atomic E-state index is 0.0475. The summed E-state index contributed by atoms with van der Waals surface area (Å²) >= 11 is 0. The van der Waals surface area contributed by atoms with Gasteiger partial charge in [-0.25, -0.2) is 0 Å². The molecule has 0 amide bonds. The maximum absolute atomic E-state index is 12.0. The molecule has 2 rings (SSSR count). The van der Waals surface area contributed by atoms with Crippen LogP contribution in [-0.2, 0) is 19.1 Å². The highest BCUT2D eigenvalue weighted by Crippen LogP contribution is 2.41. The molecule has 1 aromatic carbocycles. The van der Waals surface area contributed by atoms with E-state index < -0.39 is 29.9 Å². The number of carbonyl (C=O) groups is 2. The topological polar surface area (TPSA) is 91.3 Å². The predicted octanol–water partition coefficient (Wildman–Crippen LogP) is 1.27. The average molecular weight is 310 g/mol. The lowest BCUT2D eigenvalue weighted by atomic mass is 9.87. The number of aliphatic carboxylic acids is 1. The number of methoxy groups -OCH3 is 3. The Bertz CT molecular complexity index is 569. The summed E-state index contributed by atoms with van der Waals surface area (Å²) in [5.41, 5.74) is 0.636. The van der Waals surface area contributed by atoms with Crippen LogP contribution >= 0.6 is 0 Å². The molecule has 0 saturated carbocycles. The molecule has 7 nitrogen and oxygen atoms in total. The zero-order valence-corrected chi connectivity index (χ0v) is 12.6. The van der Waals surface area contributed by atoms with Crippen molar-refractivity contribution in [1.82, 2.24) is 0 Å². The molecule has 7 heteroatoms. The third kappa shape index (κ3) is 2.85. The van der Waals surface area contributed by atoms with Crippen LogP contribution in [0.5, 0.6) is 11.5 Å². The summed E-state index contributed by atoms with van der Waals surface area (Å²) in [6, 6.07) is 5.07. The second kappa shape index (κ2) is 6.65. The number of hydrogen-bond donors (Lipinski definition) is 1. The fourth-order valence-electron chi connectivity index (χ4n) is 2.61. The normalized spacial score (nSPS) is 23.9. The molecule has 22 heavy (non-hydrogen) atoms. The van der Waals surface area contributed by atoms with Gasteiger partial charge in [-0.05, 0) is 17.7 Å². The molecular weight excluding hydrogens is 292 g/mol. The lowest BCUT2D eigenvalue weighted by Gasteiger charge is -2.20. The zero-order valence-electron chi connectivity index (χ0n) is 12.6. The van der Waals surface area contributed by atoms with Gasteiger partial charge in [0, 0.05) is 0 Å². The van der Waals surface area contributed by atoms with E-state index >= 15 is 0 Å². The van der Waals surface area contributed by atoms with E-state index in [0.717, 1.165) is 0 Å². The Balaban J connectivity index is 2.38. The van der Waals surface area contributed by atoms with Crippen molar-refractivity contribution < 1.29 is 33.6 Å². The minimum atomic E-state index is -1.08. The molecule has 0 unspecified atom stereocenters. The number of benzene rings is 1. The van der Waals surface area contributed by atoms with Crippen molar-refractivity contribution in [3.8, 4) is 11.5 Å². The summed E-state index contributed by atoms with van der Waals surface area (Å²) in [5.74, 6) is -2.52. The van der Waals surface area contributed by atoms with E-state index in [1.807, 2.05) is 0 Å². The highest BCUT2D eigenvalue weighted by atomic mass is 16.5. The van der Waals surface area contributed by atoms with Crippen molar-refractivity contribution in [3.05, 3.63) is 23.8 Å². The summed E-state index contributed by atoms with van der Waals surface area (Å²) in [5, 5.41) is 9.24. The van der Waals surface area contributed by atoms with Crippen LogP contribution < -0.4 is 9.47 Å². The van der Waals surface area contributed by atoms with Gasteiger partial charge in [0.2, 0.25) is 0 Å². The van der Waals surface area contributed by atoms with Gasteiger partial charge in [0.15, 0.2) is 11.5 Å². The molecular formula is C15H18O7. The first-order valence-corrected chi connectivity index (χ1v) is 6.67. The molecule has 3 atom stereocenters. The van der Waals surface area contributed by atoms with Crippen LogP contribution in [-0.4, -0.2) is 45.0 Å². The number of carbonyl (C=O) groups excluding carboxylic acids is 1. The average Bonchev–Trinajstić information content (AvgIpc) is 2.98. The first-order valence-electron chi connectivity index (χ1n) is 6.67. The van der Waals surface area contributed by atoms with Gasteiger partial charge in [0.25, 0.3) is 0 Å². The van der Waals surface area contributed by atoms with Crippen molar-refractivity contribution in [1.29, 1.82) is 0 Å². The Hall–Kier alpha value is -2.28. The van der Waals surface area contributed by atoms with Crippen molar-refractivity contribution in [2.24, 2.45) is 11.8 Å². The maximum atomic E-state index is 12.0. The summed E-state index contributed by atoms with van der Waals surface area (Å²) in [7, 11) is 4.24. The van der Waals surface area contributed by atoms with Gasteiger partial charge >= 0.3 is 11.9 Å². The largest absolute Gasteiger partial charge is 0.493 e.